The van der Waals surface area contributed by atoms with Gasteiger partial charge in [0.1, 0.15) is 11.4 Å². The molecule has 1 aliphatic heterocycles. The van der Waals surface area contributed by atoms with Gasteiger partial charge in [-0.05, 0) is 62.6 Å². The van der Waals surface area contributed by atoms with E-state index < -0.39 is 17.5 Å². The predicted octanol–water partition coefficient (Wildman–Crippen LogP) is 3.81. The van der Waals surface area contributed by atoms with Crippen LogP contribution in [0.25, 0.3) is 0 Å². The van der Waals surface area contributed by atoms with Crippen LogP contribution in [0.2, 0.25) is 0 Å². The Morgan fingerprint density at radius 2 is 1.85 bits per heavy atom. The first-order valence-corrected chi connectivity index (χ1v) is 9.54. The molecule has 2 N–H and O–H groups in total. The van der Waals surface area contributed by atoms with E-state index in [4.69, 9.17) is 9.73 Å². The van der Waals surface area contributed by atoms with Crippen LogP contribution in [0.15, 0.2) is 4.99 Å². The number of ether oxygens (including phenoxy) is 1. The number of carbonyl (C=O) groups is 1. The molecule has 1 aromatic rings. The fraction of sp³-hybridized carbons (Fsp3) is 0.619. The number of methoxy groups -OCH3 is 1. The monoisotopic (exact) mass is 357 g/mol. The maximum absolute atomic E-state index is 12.2. The molecule has 4 unspecified atom stereocenters. The van der Waals surface area contributed by atoms with Crippen molar-refractivity contribution in [2.75, 3.05) is 7.11 Å². The second-order valence-corrected chi connectivity index (χ2v) is 8.17. The highest BCUT2D eigenvalue weighted by molar-refractivity contribution is 6.06. The normalized spacial score (nSPS) is 32.3. The third-order valence-electron chi connectivity index (χ3n) is 7.02. The number of rotatable bonds is 2. The zero-order chi connectivity index (χ0) is 18.8. The fourth-order valence-electron chi connectivity index (χ4n) is 5.67. The van der Waals surface area contributed by atoms with Gasteiger partial charge in [0.2, 0.25) is 0 Å². The molecule has 26 heavy (non-hydrogen) atoms. The van der Waals surface area contributed by atoms with E-state index in [2.05, 4.69) is 0 Å². The maximum Gasteiger partial charge on any atom is 0.310 e. The van der Waals surface area contributed by atoms with Crippen molar-refractivity contribution in [1.82, 2.24) is 0 Å². The first-order chi connectivity index (χ1) is 12.3. The van der Waals surface area contributed by atoms with Gasteiger partial charge in [0, 0.05) is 11.5 Å². The Morgan fingerprint density at radius 1 is 1.15 bits per heavy atom. The number of hydrogen-bond donors (Lipinski definition) is 2. The standard InChI is InChI=1S/C21H27NO4/c1-10-11(2)18(26-4)12(3)16-17(10)22-19-14-8-6-5-7-13(14)9-15(20(23)24)21(16,19)25/h13-15,25H,5-9H2,1-4H3,(H,23,24). The number of carboxylic acids is 1. The molecule has 4 atom stereocenters. The molecule has 0 bridgehead atoms. The van der Waals surface area contributed by atoms with E-state index in [9.17, 15) is 15.0 Å². The summed E-state index contributed by atoms with van der Waals surface area (Å²) in [6.07, 6.45) is 4.78. The van der Waals surface area contributed by atoms with Crippen LogP contribution >= 0.6 is 0 Å². The van der Waals surface area contributed by atoms with Gasteiger partial charge in [-0.3, -0.25) is 9.79 Å². The maximum atomic E-state index is 12.2. The summed E-state index contributed by atoms with van der Waals surface area (Å²) >= 11 is 0. The van der Waals surface area contributed by atoms with Gasteiger partial charge in [-0.25, -0.2) is 0 Å². The van der Waals surface area contributed by atoms with Crippen LogP contribution in [0, 0.1) is 38.5 Å². The van der Waals surface area contributed by atoms with Crippen molar-refractivity contribution in [2.24, 2.45) is 22.7 Å². The van der Waals surface area contributed by atoms with Crippen LogP contribution in [0.5, 0.6) is 5.75 Å². The van der Waals surface area contributed by atoms with Gasteiger partial charge in [-0.2, -0.15) is 0 Å². The molecule has 2 fully saturated rings. The number of nitrogens with zero attached hydrogens (tertiary/aromatic N) is 1. The molecule has 2 aliphatic carbocycles. The zero-order valence-corrected chi connectivity index (χ0v) is 15.9. The zero-order valence-electron chi connectivity index (χ0n) is 15.9. The highest BCUT2D eigenvalue weighted by Crippen LogP contribution is 2.58. The van der Waals surface area contributed by atoms with Crippen LogP contribution < -0.4 is 4.74 Å². The lowest BCUT2D eigenvalue weighted by molar-refractivity contribution is -0.151. The largest absolute Gasteiger partial charge is 0.496 e. The second-order valence-electron chi connectivity index (χ2n) is 8.17. The number of hydrogen-bond acceptors (Lipinski definition) is 4. The summed E-state index contributed by atoms with van der Waals surface area (Å²) in [5, 5.41) is 21.8. The number of carboxylic acid groups (broad SMARTS) is 1. The molecule has 2 saturated carbocycles. The summed E-state index contributed by atoms with van der Waals surface area (Å²) in [5.41, 5.74) is 3.37. The molecule has 5 nitrogen and oxygen atoms in total. The Labute approximate surface area is 154 Å². The van der Waals surface area contributed by atoms with Gasteiger partial charge < -0.3 is 14.9 Å². The Morgan fingerprint density at radius 3 is 2.50 bits per heavy atom. The number of aliphatic carboxylic acids is 1. The quantitative estimate of drug-likeness (QED) is 0.844. The van der Waals surface area contributed by atoms with Crippen molar-refractivity contribution in [2.45, 2.75) is 58.5 Å². The lowest BCUT2D eigenvalue weighted by Crippen LogP contribution is -2.54. The predicted molar refractivity (Wildman–Crippen MR) is 99.4 cm³/mol. The minimum Gasteiger partial charge on any atom is -0.496 e. The molecular weight excluding hydrogens is 330 g/mol. The molecule has 3 aliphatic rings. The fourth-order valence-corrected chi connectivity index (χ4v) is 5.67. The summed E-state index contributed by atoms with van der Waals surface area (Å²) in [4.78, 5) is 17.1. The molecule has 140 valence electrons. The van der Waals surface area contributed by atoms with E-state index in [1.54, 1.807) is 7.11 Å². The highest BCUT2D eigenvalue weighted by atomic mass is 16.5. The SMILES string of the molecule is COc1c(C)c(C)c2c(c1C)C1(O)C(=N2)C2CCCCC2CC1C(=O)O. The van der Waals surface area contributed by atoms with E-state index in [0.29, 0.717) is 23.6 Å². The van der Waals surface area contributed by atoms with E-state index in [1.807, 2.05) is 20.8 Å². The average Bonchev–Trinajstić information content (AvgIpc) is 2.94. The average molecular weight is 357 g/mol. The second kappa shape index (κ2) is 5.81. The highest BCUT2D eigenvalue weighted by Gasteiger charge is 2.59. The smallest absolute Gasteiger partial charge is 0.310 e. The van der Waals surface area contributed by atoms with Gasteiger partial charge in [0.25, 0.3) is 0 Å². The minimum absolute atomic E-state index is 0.182. The Kier molecular flexibility index (Phi) is 3.92. The van der Waals surface area contributed by atoms with Crippen LogP contribution in [0.1, 0.15) is 54.4 Å². The molecule has 1 heterocycles. The molecule has 0 spiro atoms. The first-order valence-electron chi connectivity index (χ1n) is 9.54. The van der Waals surface area contributed by atoms with E-state index >= 15 is 0 Å². The van der Waals surface area contributed by atoms with Crippen molar-refractivity contribution < 1.29 is 19.7 Å². The molecule has 0 radical (unpaired) electrons. The summed E-state index contributed by atoms with van der Waals surface area (Å²) < 4.78 is 5.60. The number of aliphatic imine (C=N–C) groups is 1. The summed E-state index contributed by atoms with van der Waals surface area (Å²) in [6.45, 7) is 5.88. The molecule has 0 saturated heterocycles. The number of benzene rings is 1. The van der Waals surface area contributed by atoms with E-state index in [0.717, 1.165) is 53.8 Å². The van der Waals surface area contributed by atoms with Crippen molar-refractivity contribution >= 4 is 17.4 Å². The van der Waals surface area contributed by atoms with Gasteiger partial charge >= 0.3 is 5.97 Å². The third kappa shape index (κ3) is 2.07. The van der Waals surface area contributed by atoms with E-state index in [-0.39, 0.29) is 5.92 Å². The van der Waals surface area contributed by atoms with Crippen LogP contribution in [-0.2, 0) is 10.4 Å². The van der Waals surface area contributed by atoms with Crippen molar-refractivity contribution in [3.63, 3.8) is 0 Å². The topological polar surface area (TPSA) is 79.1 Å². The third-order valence-corrected chi connectivity index (χ3v) is 7.02. The minimum atomic E-state index is -1.52. The molecule has 1 aromatic carbocycles. The summed E-state index contributed by atoms with van der Waals surface area (Å²) in [6, 6.07) is 0. The van der Waals surface area contributed by atoms with Gasteiger partial charge in [0.15, 0.2) is 0 Å². The van der Waals surface area contributed by atoms with Crippen LogP contribution in [0.4, 0.5) is 5.69 Å². The molecule has 5 heteroatoms. The lowest BCUT2D eigenvalue weighted by atomic mass is 9.58. The van der Waals surface area contributed by atoms with Crippen molar-refractivity contribution in [3.05, 3.63) is 22.3 Å². The molecule has 4 rings (SSSR count). The summed E-state index contributed by atoms with van der Waals surface area (Å²) in [7, 11) is 1.62. The molecule has 0 aromatic heterocycles. The van der Waals surface area contributed by atoms with Gasteiger partial charge in [-0.15, -0.1) is 0 Å². The first kappa shape index (κ1) is 17.5. The Balaban J connectivity index is 2.00. The van der Waals surface area contributed by atoms with Crippen molar-refractivity contribution in [3.8, 4) is 5.75 Å². The van der Waals surface area contributed by atoms with Gasteiger partial charge in [-0.1, -0.05) is 12.8 Å². The van der Waals surface area contributed by atoms with E-state index in [1.165, 1.54) is 0 Å². The molecule has 0 amide bonds. The Bertz CT molecular complexity index is 828. The number of fused-ring (bicyclic) bond motifs is 5. The van der Waals surface area contributed by atoms with Crippen LogP contribution in [-0.4, -0.2) is 29.0 Å². The Hall–Kier alpha value is -1.88. The summed E-state index contributed by atoms with van der Waals surface area (Å²) in [5.74, 6) is -0.578. The number of aliphatic hydroxyl groups is 1. The lowest BCUT2D eigenvalue weighted by Gasteiger charge is -2.46. The van der Waals surface area contributed by atoms with Gasteiger partial charge in [0.05, 0.1) is 24.4 Å². The van der Waals surface area contributed by atoms with Crippen LogP contribution in [0.3, 0.4) is 0 Å². The molecular formula is C21H27NO4. The van der Waals surface area contributed by atoms with Crippen molar-refractivity contribution in [1.29, 1.82) is 0 Å².